The highest BCUT2D eigenvalue weighted by Gasteiger charge is 2.21. The maximum Gasteiger partial charge on any atom is 0.146 e. The lowest BCUT2D eigenvalue weighted by atomic mass is 9.94. The Balaban J connectivity index is 2.05. The van der Waals surface area contributed by atoms with Crippen molar-refractivity contribution in [1.29, 1.82) is 0 Å². The number of aryl methyl sites for hydroxylation is 1. The Hall–Kier alpha value is -1.94. The van der Waals surface area contributed by atoms with Crippen LogP contribution in [0, 0.1) is 5.82 Å². The van der Waals surface area contributed by atoms with Gasteiger partial charge in [0.2, 0.25) is 0 Å². The fourth-order valence-corrected chi connectivity index (χ4v) is 2.47. The molecule has 0 aliphatic carbocycles. The van der Waals surface area contributed by atoms with E-state index in [9.17, 15) is 4.39 Å². The molecular weight excluding hydrogens is 243 g/mol. The van der Waals surface area contributed by atoms with E-state index in [4.69, 9.17) is 10.5 Å². The molecule has 1 atom stereocenters. The number of benzene rings is 1. The fraction of sp³-hybridized carbons (Fsp3) is 0.267. The van der Waals surface area contributed by atoms with Crippen LogP contribution < -0.4 is 10.5 Å². The highest BCUT2D eigenvalue weighted by atomic mass is 19.1. The molecule has 1 unspecified atom stereocenters. The van der Waals surface area contributed by atoms with Gasteiger partial charge in [-0.25, -0.2) is 4.39 Å². The Morgan fingerprint density at radius 2 is 2.16 bits per heavy atom. The summed E-state index contributed by atoms with van der Waals surface area (Å²) in [5.41, 5.74) is 8.62. The summed E-state index contributed by atoms with van der Waals surface area (Å²) in [7, 11) is 0. The van der Waals surface area contributed by atoms with Crippen LogP contribution in [-0.2, 0) is 6.42 Å². The first-order valence-corrected chi connectivity index (χ1v) is 6.37. The predicted octanol–water partition coefficient (Wildman–Crippen LogP) is 2.59. The van der Waals surface area contributed by atoms with Crippen molar-refractivity contribution in [2.45, 2.75) is 18.9 Å². The number of rotatable bonds is 2. The fourth-order valence-electron chi connectivity index (χ4n) is 2.47. The third-order valence-electron chi connectivity index (χ3n) is 3.44. The number of pyridine rings is 1. The van der Waals surface area contributed by atoms with Crippen LogP contribution in [0.15, 0.2) is 36.7 Å². The SMILES string of the molecule is NC(c1ccncc1F)c1cccc2c1OCCC2. The molecule has 1 aliphatic rings. The molecule has 0 radical (unpaired) electrons. The van der Waals surface area contributed by atoms with Crippen LogP contribution in [0.3, 0.4) is 0 Å². The van der Waals surface area contributed by atoms with Gasteiger partial charge in [0.05, 0.1) is 18.8 Å². The van der Waals surface area contributed by atoms with Crippen LogP contribution in [0.25, 0.3) is 0 Å². The van der Waals surface area contributed by atoms with Crippen molar-refractivity contribution in [3.05, 3.63) is 59.2 Å². The van der Waals surface area contributed by atoms with Gasteiger partial charge in [0, 0.05) is 17.3 Å². The standard InChI is InChI=1S/C15H15FN2O/c16-13-9-18-7-6-11(13)14(17)12-5-1-3-10-4-2-8-19-15(10)12/h1,3,5-7,9,14H,2,4,8,17H2. The molecule has 0 spiro atoms. The van der Waals surface area contributed by atoms with Crippen LogP contribution in [0.2, 0.25) is 0 Å². The molecule has 1 aliphatic heterocycles. The van der Waals surface area contributed by atoms with Gasteiger partial charge in [-0.3, -0.25) is 4.98 Å². The maximum atomic E-state index is 13.8. The number of ether oxygens (including phenoxy) is 1. The van der Waals surface area contributed by atoms with Gasteiger partial charge in [0.1, 0.15) is 11.6 Å². The number of nitrogens with zero attached hydrogens (tertiary/aromatic N) is 1. The second kappa shape index (κ2) is 4.97. The number of hydrogen-bond acceptors (Lipinski definition) is 3. The molecule has 1 aromatic carbocycles. The van der Waals surface area contributed by atoms with Crippen molar-refractivity contribution >= 4 is 0 Å². The smallest absolute Gasteiger partial charge is 0.146 e. The highest BCUT2D eigenvalue weighted by molar-refractivity contribution is 5.47. The summed E-state index contributed by atoms with van der Waals surface area (Å²) in [6.45, 7) is 0.690. The predicted molar refractivity (Wildman–Crippen MR) is 70.5 cm³/mol. The van der Waals surface area contributed by atoms with E-state index in [-0.39, 0.29) is 5.82 Å². The zero-order valence-corrected chi connectivity index (χ0v) is 10.5. The summed E-state index contributed by atoms with van der Waals surface area (Å²) >= 11 is 0. The zero-order valence-electron chi connectivity index (χ0n) is 10.5. The van der Waals surface area contributed by atoms with E-state index in [0.717, 1.165) is 29.7 Å². The summed E-state index contributed by atoms with van der Waals surface area (Å²) in [5.74, 6) is 0.431. The molecule has 2 heterocycles. The quantitative estimate of drug-likeness (QED) is 0.900. The largest absolute Gasteiger partial charge is 0.493 e. The van der Waals surface area contributed by atoms with Gasteiger partial charge >= 0.3 is 0 Å². The number of halogens is 1. The lowest BCUT2D eigenvalue weighted by molar-refractivity contribution is 0.284. The minimum absolute atomic E-state index is 0.386. The lowest BCUT2D eigenvalue weighted by Gasteiger charge is -2.23. The van der Waals surface area contributed by atoms with Crippen molar-refractivity contribution in [3.8, 4) is 5.75 Å². The maximum absolute atomic E-state index is 13.8. The molecule has 0 bridgehead atoms. The number of aromatic nitrogens is 1. The molecule has 0 saturated heterocycles. The summed E-state index contributed by atoms with van der Waals surface area (Å²) < 4.78 is 19.5. The van der Waals surface area contributed by atoms with Gasteiger partial charge < -0.3 is 10.5 Å². The molecule has 0 amide bonds. The summed E-state index contributed by atoms with van der Waals surface area (Å²) in [6, 6.07) is 6.96. The topological polar surface area (TPSA) is 48.1 Å². The molecule has 0 fully saturated rings. The molecular formula is C15H15FN2O. The van der Waals surface area contributed by atoms with Crippen LogP contribution in [0.1, 0.15) is 29.2 Å². The second-order valence-electron chi connectivity index (χ2n) is 4.66. The summed E-state index contributed by atoms with van der Waals surface area (Å²) in [4.78, 5) is 3.75. The van der Waals surface area contributed by atoms with Gasteiger partial charge in [-0.05, 0) is 24.5 Å². The first kappa shape index (κ1) is 12.1. The molecule has 3 rings (SSSR count). The third kappa shape index (κ3) is 2.19. The van der Waals surface area contributed by atoms with Crippen LogP contribution in [-0.4, -0.2) is 11.6 Å². The van der Waals surface area contributed by atoms with Crippen molar-refractivity contribution in [2.24, 2.45) is 5.73 Å². The lowest BCUT2D eigenvalue weighted by Crippen LogP contribution is -2.18. The number of hydrogen-bond donors (Lipinski definition) is 1. The van der Waals surface area contributed by atoms with Crippen molar-refractivity contribution in [3.63, 3.8) is 0 Å². The van der Waals surface area contributed by atoms with Gasteiger partial charge in [0.25, 0.3) is 0 Å². The average Bonchev–Trinajstić information content (AvgIpc) is 2.46. The summed E-state index contributed by atoms with van der Waals surface area (Å²) in [5, 5.41) is 0. The normalized spacial score (nSPS) is 15.5. The Morgan fingerprint density at radius 1 is 1.26 bits per heavy atom. The number of fused-ring (bicyclic) bond motifs is 1. The molecule has 4 heteroatoms. The minimum atomic E-state index is -0.531. The highest BCUT2D eigenvalue weighted by Crippen LogP contribution is 2.34. The molecule has 19 heavy (non-hydrogen) atoms. The van der Waals surface area contributed by atoms with Gasteiger partial charge in [-0.15, -0.1) is 0 Å². The Labute approximate surface area is 111 Å². The van der Waals surface area contributed by atoms with E-state index in [1.807, 2.05) is 18.2 Å². The second-order valence-corrected chi connectivity index (χ2v) is 4.66. The molecule has 1 aromatic heterocycles. The van der Waals surface area contributed by atoms with E-state index in [1.54, 1.807) is 12.3 Å². The molecule has 98 valence electrons. The van der Waals surface area contributed by atoms with E-state index in [2.05, 4.69) is 4.98 Å². The van der Waals surface area contributed by atoms with Crippen LogP contribution in [0.4, 0.5) is 4.39 Å². The van der Waals surface area contributed by atoms with E-state index in [1.165, 1.54) is 6.20 Å². The van der Waals surface area contributed by atoms with Crippen molar-refractivity contribution in [2.75, 3.05) is 6.61 Å². The van der Waals surface area contributed by atoms with Gasteiger partial charge in [-0.1, -0.05) is 18.2 Å². The Kier molecular flexibility index (Phi) is 3.17. The van der Waals surface area contributed by atoms with Crippen molar-refractivity contribution in [1.82, 2.24) is 4.98 Å². The monoisotopic (exact) mass is 258 g/mol. The molecule has 2 aromatic rings. The van der Waals surface area contributed by atoms with E-state index < -0.39 is 6.04 Å². The van der Waals surface area contributed by atoms with Gasteiger partial charge in [-0.2, -0.15) is 0 Å². The van der Waals surface area contributed by atoms with Crippen molar-refractivity contribution < 1.29 is 9.13 Å². The Bertz CT molecular complexity index is 600. The first-order chi connectivity index (χ1) is 9.27. The number of para-hydroxylation sites is 1. The molecule has 2 N–H and O–H groups in total. The minimum Gasteiger partial charge on any atom is -0.493 e. The summed E-state index contributed by atoms with van der Waals surface area (Å²) in [6.07, 6.45) is 4.73. The van der Waals surface area contributed by atoms with Gasteiger partial charge in [0.15, 0.2) is 0 Å². The van der Waals surface area contributed by atoms with Crippen LogP contribution in [0.5, 0.6) is 5.75 Å². The van der Waals surface area contributed by atoms with E-state index >= 15 is 0 Å². The Morgan fingerprint density at radius 3 is 3.00 bits per heavy atom. The molecule has 3 nitrogen and oxygen atoms in total. The molecule has 0 saturated carbocycles. The first-order valence-electron chi connectivity index (χ1n) is 6.37. The third-order valence-corrected chi connectivity index (χ3v) is 3.44. The zero-order chi connectivity index (χ0) is 13.2. The number of nitrogens with two attached hydrogens (primary N) is 1. The van der Waals surface area contributed by atoms with Crippen LogP contribution >= 0.6 is 0 Å². The van der Waals surface area contributed by atoms with E-state index in [0.29, 0.717) is 12.2 Å². The average molecular weight is 258 g/mol.